The maximum Gasteiger partial charge on any atom is 0.0107 e. The van der Waals surface area contributed by atoms with E-state index in [1.54, 1.807) is 0 Å². The lowest BCUT2D eigenvalue weighted by atomic mass is 9.82. The van der Waals surface area contributed by atoms with Crippen LogP contribution in [0.2, 0.25) is 0 Å². The van der Waals surface area contributed by atoms with Gasteiger partial charge in [-0.05, 0) is 38.6 Å². The first-order chi connectivity index (χ1) is 7.25. The normalized spacial score (nSPS) is 32.2. The molecule has 0 saturated heterocycles. The number of nitrogens with one attached hydrogen (secondary N) is 1. The van der Waals surface area contributed by atoms with Crippen molar-refractivity contribution in [1.82, 2.24) is 10.2 Å². The third-order valence-corrected chi connectivity index (χ3v) is 4.22. The van der Waals surface area contributed by atoms with Crippen molar-refractivity contribution in [2.24, 2.45) is 5.92 Å². The second-order valence-corrected chi connectivity index (χ2v) is 5.65. The van der Waals surface area contributed by atoms with Crippen LogP contribution in [-0.2, 0) is 0 Å². The average molecular weight is 210 g/mol. The second-order valence-electron chi connectivity index (χ2n) is 5.65. The Balaban J connectivity index is 1.53. The van der Waals surface area contributed by atoms with Crippen LogP contribution in [0.3, 0.4) is 0 Å². The molecule has 88 valence electrons. The lowest BCUT2D eigenvalue weighted by molar-refractivity contribution is 0.209. The van der Waals surface area contributed by atoms with E-state index in [1.165, 1.54) is 51.6 Å². The highest BCUT2D eigenvalue weighted by Crippen LogP contribution is 2.26. The molecule has 2 heteroatoms. The lowest BCUT2D eigenvalue weighted by Crippen LogP contribution is -2.44. The van der Waals surface area contributed by atoms with Gasteiger partial charge in [0.05, 0.1) is 0 Å². The first kappa shape index (κ1) is 11.4. The predicted molar refractivity (Wildman–Crippen MR) is 65.1 cm³/mol. The molecular formula is C13H26N2. The number of hydrogen-bond acceptors (Lipinski definition) is 2. The van der Waals surface area contributed by atoms with E-state index in [4.69, 9.17) is 0 Å². The highest BCUT2D eigenvalue weighted by molar-refractivity contribution is 4.83. The van der Waals surface area contributed by atoms with Crippen LogP contribution in [0.5, 0.6) is 0 Å². The van der Waals surface area contributed by atoms with Crippen LogP contribution in [-0.4, -0.2) is 37.1 Å². The van der Waals surface area contributed by atoms with E-state index in [1.807, 2.05) is 0 Å². The molecule has 2 saturated carbocycles. The van der Waals surface area contributed by atoms with Crippen molar-refractivity contribution in [3.63, 3.8) is 0 Å². The minimum atomic E-state index is 0.831. The molecule has 0 aromatic rings. The maximum atomic E-state index is 3.66. The van der Waals surface area contributed by atoms with Crippen molar-refractivity contribution < 1.29 is 0 Å². The van der Waals surface area contributed by atoms with Gasteiger partial charge in [0.1, 0.15) is 0 Å². The van der Waals surface area contributed by atoms with Gasteiger partial charge in [0.15, 0.2) is 0 Å². The molecule has 2 aliphatic carbocycles. The van der Waals surface area contributed by atoms with Gasteiger partial charge in [-0.25, -0.2) is 0 Å². The summed E-state index contributed by atoms with van der Waals surface area (Å²) in [5, 5.41) is 3.66. The molecule has 2 rings (SSSR count). The Hall–Kier alpha value is -0.0800. The predicted octanol–water partition coefficient (Wildman–Crippen LogP) is 2.25. The largest absolute Gasteiger partial charge is 0.313 e. The van der Waals surface area contributed by atoms with Gasteiger partial charge in [-0.1, -0.05) is 19.8 Å². The second kappa shape index (κ2) is 5.31. The fourth-order valence-electron chi connectivity index (χ4n) is 3.04. The van der Waals surface area contributed by atoms with E-state index in [2.05, 4.69) is 24.2 Å². The van der Waals surface area contributed by atoms with Crippen LogP contribution in [0.4, 0.5) is 0 Å². The summed E-state index contributed by atoms with van der Waals surface area (Å²) in [7, 11) is 2.29. The molecule has 15 heavy (non-hydrogen) atoms. The van der Waals surface area contributed by atoms with E-state index in [0.717, 1.165) is 18.0 Å². The summed E-state index contributed by atoms with van der Waals surface area (Å²) in [6, 6.07) is 1.71. The van der Waals surface area contributed by atoms with E-state index < -0.39 is 0 Å². The van der Waals surface area contributed by atoms with Gasteiger partial charge in [0, 0.05) is 25.2 Å². The zero-order valence-corrected chi connectivity index (χ0v) is 10.3. The molecule has 2 nitrogen and oxygen atoms in total. The summed E-state index contributed by atoms with van der Waals surface area (Å²) in [6.07, 6.45) is 8.54. The first-order valence-corrected chi connectivity index (χ1v) is 6.69. The molecule has 2 aliphatic rings. The van der Waals surface area contributed by atoms with Gasteiger partial charge in [-0.2, -0.15) is 0 Å². The molecule has 0 amide bonds. The Morgan fingerprint density at radius 3 is 2.47 bits per heavy atom. The van der Waals surface area contributed by atoms with Gasteiger partial charge in [0.25, 0.3) is 0 Å². The van der Waals surface area contributed by atoms with Crippen LogP contribution in [0, 0.1) is 5.92 Å². The number of nitrogens with zero attached hydrogens (tertiary/aromatic N) is 1. The summed E-state index contributed by atoms with van der Waals surface area (Å²) in [5.74, 6) is 0.968. The number of rotatable bonds is 5. The van der Waals surface area contributed by atoms with Gasteiger partial charge < -0.3 is 10.2 Å². The Bertz CT molecular complexity index is 181. The van der Waals surface area contributed by atoms with E-state index in [0.29, 0.717) is 0 Å². The van der Waals surface area contributed by atoms with Gasteiger partial charge in [0.2, 0.25) is 0 Å². The smallest absolute Gasteiger partial charge is 0.0107 e. The SMILES string of the molecule is CC1CC(NCCN(C)C2CCCC2)C1. The maximum absolute atomic E-state index is 3.66. The molecule has 0 heterocycles. The minimum absolute atomic E-state index is 0.831. The first-order valence-electron chi connectivity index (χ1n) is 6.69. The summed E-state index contributed by atoms with van der Waals surface area (Å²) in [5.41, 5.74) is 0. The molecule has 0 atom stereocenters. The molecule has 0 spiro atoms. The Kier molecular flexibility index (Phi) is 4.04. The quantitative estimate of drug-likeness (QED) is 0.749. The zero-order chi connectivity index (χ0) is 10.7. The van der Waals surface area contributed by atoms with Crippen molar-refractivity contribution in [3.05, 3.63) is 0 Å². The standard InChI is InChI=1S/C13H26N2/c1-11-9-12(10-11)14-7-8-15(2)13-5-3-4-6-13/h11-14H,3-10H2,1-2H3. The Morgan fingerprint density at radius 1 is 1.20 bits per heavy atom. The molecule has 0 unspecified atom stereocenters. The molecular weight excluding hydrogens is 184 g/mol. The molecule has 0 aliphatic heterocycles. The molecule has 2 fully saturated rings. The van der Waals surface area contributed by atoms with E-state index >= 15 is 0 Å². The van der Waals surface area contributed by atoms with Crippen LogP contribution in [0.15, 0.2) is 0 Å². The zero-order valence-electron chi connectivity index (χ0n) is 10.3. The molecule has 0 aromatic heterocycles. The average Bonchev–Trinajstić information content (AvgIpc) is 2.67. The van der Waals surface area contributed by atoms with Crippen molar-refractivity contribution in [1.29, 1.82) is 0 Å². The molecule has 0 aromatic carbocycles. The van der Waals surface area contributed by atoms with Gasteiger partial charge in [-0.15, -0.1) is 0 Å². The highest BCUT2D eigenvalue weighted by Gasteiger charge is 2.25. The summed E-state index contributed by atoms with van der Waals surface area (Å²) < 4.78 is 0. The van der Waals surface area contributed by atoms with E-state index in [9.17, 15) is 0 Å². The third kappa shape index (κ3) is 3.18. The van der Waals surface area contributed by atoms with Crippen LogP contribution >= 0.6 is 0 Å². The molecule has 1 N–H and O–H groups in total. The minimum Gasteiger partial charge on any atom is -0.313 e. The molecule has 0 bridgehead atoms. The summed E-state index contributed by atoms with van der Waals surface area (Å²) >= 11 is 0. The summed E-state index contributed by atoms with van der Waals surface area (Å²) in [6.45, 7) is 4.77. The fourth-order valence-corrected chi connectivity index (χ4v) is 3.04. The van der Waals surface area contributed by atoms with Crippen molar-refractivity contribution in [3.8, 4) is 0 Å². The van der Waals surface area contributed by atoms with Crippen LogP contribution in [0.1, 0.15) is 45.4 Å². The summed E-state index contributed by atoms with van der Waals surface area (Å²) in [4.78, 5) is 2.56. The molecule has 0 radical (unpaired) electrons. The highest BCUT2D eigenvalue weighted by atomic mass is 15.1. The number of likely N-dealkylation sites (N-methyl/N-ethyl adjacent to an activating group) is 1. The number of hydrogen-bond donors (Lipinski definition) is 1. The van der Waals surface area contributed by atoms with Gasteiger partial charge in [-0.3, -0.25) is 0 Å². The Labute approximate surface area is 94.4 Å². The third-order valence-electron chi connectivity index (χ3n) is 4.22. The van der Waals surface area contributed by atoms with Crippen molar-refractivity contribution >= 4 is 0 Å². The van der Waals surface area contributed by atoms with Crippen molar-refractivity contribution in [2.45, 2.75) is 57.5 Å². The fraction of sp³-hybridized carbons (Fsp3) is 1.00. The topological polar surface area (TPSA) is 15.3 Å². The van der Waals surface area contributed by atoms with Crippen LogP contribution in [0.25, 0.3) is 0 Å². The monoisotopic (exact) mass is 210 g/mol. The lowest BCUT2D eigenvalue weighted by Gasteiger charge is -2.34. The van der Waals surface area contributed by atoms with Gasteiger partial charge >= 0.3 is 0 Å². The van der Waals surface area contributed by atoms with E-state index in [-0.39, 0.29) is 0 Å². The van der Waals surface area contributed by atoms with Crippen molar-refractivity contribution in [2.75, 3.05) is 20.1 Å². The van der Waals surface area contributed by atoms with Crippen LogP contribution < -0.4 is 5.32 Å². The Morgan fingerprint density at radius 2 is 1.87 bits per heavy atom.